The fraction of sp³-hybridized carbons (Fsp3) is 0.350. The second-order valence-corrected chi connectivity index (χ2v) is 7.26. The Hall–Kier alpha value is -1.88. The number of amides is 1. The van der Waals surface area contributed by atoms with Crippen LogP contribution in [0, 0.1) is 0 Å². The van der Waals surface area contributed by atoms with E-state index in [1.165, 1.54) is 24.0 Å². The van der Waals surface area contributed by atoms with Gasteiger partial charge in [-0.05, 0) is 67.0 Å². The minimum atomic E-state index is -0.250. The molecule has 0 spiro atoms. The van der Waals surface area contributed by atoms with Crippen LogP contribution < -0.4 is 16.2 Å². The molecule has 2 atom stereocenters. The summed E-state index contributed by atoms with van der Waals surface area (Å²) in [6, 6.07) is 13.8. The van der Waals surface area contributed by atoms with E-state index >= 15 is 0 Å². The molecule has 2 aromatic carbocycles. The number of carbonyl (C=O) groups is 1. The highest BCUT2D eigenvalue weighted by atomic mass is 35.5. The van der Waals surface area contributed by atoms with Gasteiger partial charge in [-0.2, -0.15) is 0 Å². The van der Waals surface area contributed by atoms with E-state index in [0.29, 0.717) is 6.42 Å². The summed E-state index contributed by atoms with van der Waals surface area (Å²) in [5, 5.41) is 3.85. The number of halogens is 1. The van der Waals surface area contributed by atoms with Crippen LogP contribution in [0.1, 0.15) is 42.0 Å². The van der Waals surface area contributed by atoms with Crippen molar-refractivity contribution in [1.82, 2.24) is 10.9 Å². The molecule has 1 aliphatic carbocycles. The average Bonchev–Trinajstić information content (AvgIpc) is 3.13. The highest BCUT2D eigenvalue weighted by Gasteiger charge is 2.30. The normalized spacial score (nSPS) is 22.4. The lowest BCUT2D eigenvalue weighted by atomic mass is 9.90. The standard InChI is InChI=1S/C20H22ClN3O/c21-15-10-8-14(9-11-15)18-12-19(24-23-18)20(25)22-17-7-3-5-13-4-1-2-6-16(13)17/h3,5,7-11,18-19,23-24H,1-2,4,6,12H2,(H,22,25). The first-order valence-electron chi connectivity index (χ1n) is 8.89. The molecule has 0 aromatic heterocycles. The monoisotopic (exact) mass is 355 g/mol. The molecule has 3 N–H and O–H groups in total. The third-order valence-electron chi connectivity index (χ3n) is 5.15. The molecule has 2 aliphatic rings. The van der Waals surface area contributed by atoms with Gasteiger partial charge in [-0.3, -0.25) is 4.79 Å². The van der Waals surface area contributed by atoms with Gasteiger partial charge in [0.1, 0.15) is 6.04 Å². The van der Waals surface area contributed by atoms with Crippen LogP contribution in [0.2, 0.25) is 5.02 Å². The van der Waals surface area contributed by atoms with Crippen LogP contribution in [0.4, 0.5) is 5.69 Å². The first-order valence-corrected chi connectivity index (χ1v) is 9.26. The number of carbonyl (C=O) groups excluding carboxylic acids is 1. The van der Waals surface area contributed by atoms with Gasteiger partial charge in [-0.1, -0.05) is 35.9 Å². The van der Waals surface area contributed by atoms with Crippen LogP contribution in [0.15, 0.2) is 42.5 Å². The average molecular weight is 356 g/mol. The van der Waals surface area contributed by atoms with E-state index in [-0.39, 0.29) is 18.0 Å². The lowest BCUT2D eigenvalue weighted by Gasteiger charge is -2.20. The largest absolute Gasteiger partial charge is 0.324 e. The number of benzene rings is 2. The van der Waals surface area contributed by atoms with E-state index in [0.717, 1.165) is 29.1 Å². The van der Waals surface area contributed by atoms with Crippen molar-refractivity contribution < 1.29 is 4.79 Å². The molecule has 1 fully saturated rings. The minimum Gasteiger partial charge on any atom is -0.324 e. The molecule has 25 heavy (non-hydrogen) atoms. The Balaban J connectivity index is 1.43. The number of aryl methyl sites for hydroxylation is 1. The molecule has 130 valence electrons. The topological polar surface area (TPSA) is 53.2 Å². The maximum Gasteiger partial charge on any atom is 0.242 e. The number of anilines is 1. The summed E-state index contributed by atoms with van der Waals surface area (Å²) in [6.07, 6.45) is 5.31. The first kappa shape index (κ1) is 16.6. The van der Waals surface area contributed by atoms with Gasteiger partial charge < -0.3 is 5.32 Å². The maximum absolute atomic E-state index is 12.7. The molecule has 2 unspecified atom stereocenters. The van der Waals surface area contributed by atoms with Crippen LogP contribution >= 0.6 is 11.6 Å². The molecule has 1 saturated heterocycles. The van der Waals surface area contributed by atoms with Gasteiger partial charge in [0.15, 0.2) is 0 Å². The fourth-order valence-electron chi connectivity index (χ4n) is 3.76. The molecule has 0 bridgehead atoms. The number of nitrogens with one attached hydrogen (secondary N) is 3. The van der Waals surface area contributed by atoms with Crippen LogP contribution in [-0.4, -0.2) is 11.9 Å². The van der Waals surface area contributed by atoms with Crippen molar-refractivity contribution in [2.75, 3.05) is 5.32 Å². The van der Waals surface area contributed by atoms with Gasteiger partial charge >= 0.3 is 0 Å². The molecule has 1 aliphatic heterocycles. The number of rotatable bonds is 3. The maximum atomic E-state index is 12.7. The van der Waals surface area contributed by atoms with Crippen molar-refractivity contribution in [3.05, 3.63) is 64.2 Å². The molecular formula is C20H22ClN3O. The van der Waals surface area contributed by atoms with Crippen LogP contribution in [0.5, 0.6) is 0 Å². The Kier molecular flexibility index (Phi) is 4.75. The summed E-state index contributed by atoms with van der Waals surface area (Å²) in [6.45, 7) is 0. The number of hydrazine groups is 1. The summed E-state index contributed by atoms with van der Waals surface area (Å²) >= 11 is 5.95. The van der Waals surface area contributed by atoms with E-state index in [1.54, 1.807) is 0 Å². The van der Waals surface area contributed by atoms with Crippen LogP contribution in [-0.2, 0) is 17.6 Å². The summed E-state index contributed by atoms with van der Waals surface area (Å²) in [5.41, 5.74) is 11.1. The summed E-state index contributed by atoms with van der Waals surface area (Å²) < 4.78 is 0. The van der Waals surface area contributed by atoms with Gasteiger partial charge in [0.2, 0.25) is 5.91 Å². The highest BCUT2D eigenvalue weighted by molar-refractivity contribution is 6.30. The van der Waals surface area contributed by atoms with E-state index in [4.69, 9.17) is 11.6 Å². The smallest absolute Gasteiger partial charge is 0.242 e. The molecule has 2 aromatic rings. The van der Waals surface area contributed by atoms with E-state index in [9.17, 15) is 4.79 Å². The molecule has 0 saturated carbocycles. The minimum absolute atomic E-state index is 0.0166. The molecule has 5 heteroatoms. The van der Waals surface area contributed by atoms with E-state index in [2.05, 4.69) is 22.2 Å². The lowest BCUT2D eigenvalue weighted by Crippen LogP contribution is -2.39. The SMILES string of the molecule is O=C(Nc1cccc2c1CCCC2)C1CC(c2ccc(Cl)cc2)NN1. The molecule has 0 radical (unpaired) electrons. The Bertz CT molecular complexity index is 775. The molecule has 1 amide bonds. The Morgan fingerprint density at radius 3 is 2.68 bits per heavy atom. The van der Waals surface area contributed by atoms with Crippen molar-refractivity contribution >= 4 is 23.2 Å². The Morgan fingerprint density at radius 1 is 1.04 bits per heavy atom. The Labute approximate surface area is 152 Å². The van der Waals surface area contributed by atoms with Crippen LogP contribution in [0.3, 0.4) is 0 Å². The van der Waals surface area contributed by atoms with E-state index in [1.807, 2.05) is 36.4 Å². The van der Waals surface area contributed by atoms with Crippen molar-refractivity contribution in [2.24, 2.45) is 0 Å². The second kappa shape index (κ2) is 7.16. The third kappa shape index (κ3) is 3.56. The molecule has 4 nitrogen and oxygen atoms in total. The summed E-state index contributed by atoms with van der Waals surface area (Å²) in [4.78, 5) is 12.7. The van der Waals surface area contributed by atoms with Crippen molar-refractivity contribution in [1.29, 1.82) is 0 Å². The summed E-state index contributed by atoms with van der Waals surface area (Å²) in [5.74, 6) is 0.0166. The Morgan fingerprint density at radius 2 is 1.84 bits per heavy atom. The van der Waals surface area contributed by atoms with Crippen LogP contribution in [0.25, 0.3) is 0 Å². The fourth-order valence-corrected chi connectivity index (χ4v) is 3.89. The quantitative estimate of drug-likeness (QED) is 0.785. The predicted octanol–water partition coefficient (Wildman–Crippen LogP) is 3.77. The zero-order chi connectivity index (χ0) is 17.2. The number of fused-ring (bicyclic) bond motifs is 1. The van der Waals surface area contributed by atoms with Crippen molar-refractivity contribution in [2.45, 2.75) is 44.2 Å². The second-order valence-electron chi connectivity index (χ2n) is 6.82. The molecule has 4 rings (SSSR count). The molecular weight excluding hydrogens is 334 g/mol. The first-order chi connectivity index (χ1) is 12.2. The van der Waals surface area contributed by atoms with Crippen molar-refractivity contribution in [3.63, 3.8) is 0 Å². The zero-order valence-corrected chi connectivity index (χ0v) is 14.8. The lowest BCUT2D eigenvalue weighted by molar-refractivity contribution is -0.117. The van der Waals surface area contributed by atoms with Gasteiger partial charge in [-0.25, -0.2) is 10.9 Å². The number of hydrogen-bond donors (Lipinski definition) is 3. The van der Waals surface area contributed by atoms with Gasteiger partial charge in [0.25, 0.3) is 0 Å². The van der Waals surface area contributed by atoms with Gasteiger partial charge in [0, 0.05) is 16.8 Å². The highest BCUT2D eigenvalue weighted by Crippen LogP contribution is 2.29. The number of hydrogen-bond acceptors (Lipinski definition) is 3. The predicted molar refractivity (Wildman–Crippen MR) is 101 cm³/mol. The van der Waals surface area contributed by atoms with Gasteiger partial charge in [-0.15, -0.1) is 0 Å². The molecule has 1 heterocycles. The van der Waals surface area contributed by atoms with Crippen molar-refractivity contribution in [3.8, 4) is 0 Å². The van der Waals surface area contributed by atoms with Gasteiger partial charge in [0.05, 0.1) is 0 Å². The summed E-state index contributed by atoms with van der Waals surface area (Å²) in [7, 11) is 0. The third-order valence-corrected chi connectivity index (χ3v) is 5.40. The van der Waals surface area contributed by atoms with E-state index < -0.39 is 0 Å². The zero-order valence-electron chi connectivity index (χ0n) is 14.0.